The van der Waals surface area contributed by atoms with Crippen molar-refractivity contribution < 1.29 is 28.7 Å². The van der Waals surface area contributed by atoms with Crippen LogP contribution in [0.5, 0.6) is 0 Å². The quantitative estimate of drug-likeness (QED) is 0.607. The van der Waals surface area contributed by atoms with Gasteiger partial charge in [0, 0.05) is 12.3 Å². The molecule has 1 saturated carbocycles. The zero-order chi connectivity index (χ0) is 19.5. The number of likely N-dealkylation sites (tertiary alicyclic amines) is 1. The normalized spacial score (nSPS) is 27.9. The maximum Gasteiger partial charge on any atom is 0.361 e. The van der Waals surface area contributed by atoms with E-state index in [1.54, 1.807) is 12.1 Å². The first kappa shape index (κ1) is 19.8. The largest absolute Gasteiger partial charge is 0.465 e. The van der Waals surface area contributed by atoms with E-state index in [-0.39, 0.29) is 24.5 Å². The van der Waals surface area contributed by atoms with Gasteiger partial charge in [0.1, 0.15) is 6.54 Å². The van der Waals surface area contributed by atoms with Crippen molar-refractivity contribution in [2.75, 3.05) is 33.8 Å². The van der Waals surface area contributed by atoms with E-state index in [4.69, 9.17) is 9.47 Å². The third-order valence-electron chi connectivity index (χ3n) is 6.12. The van der Waals surface area contributed by atoms with E-state index < -0.39 is 11.6 Å². The highest BCUT2D eigenvalue weighted by atomic mass is 16.6. The highest BCUT2D eigenvalue weighted by Gasteiger charge is 2.49. The summed E-state index contributed by atoms with van der Waals surface area (Å²) in [5, 5.41) is 11.5. The van der Waals surface area contributed by atoms with Gasteiger partial charge in [-0.15, -0.1) is 0 Å². The van der Waals surface area contributed by atoms with Gasteiger partial charge in [-0.25, -0.2) is 9.59 Å². The van der Waals surface area contributed by atoms with Crippen LogP contribution in [0.15, 0.2) is 30.3 Å². The highest BCUT2D eigenvalue weighted by molar-refractivity contribution is 5.81. The number of aliphatic hydroxyl groups is 1. The lowest BCUT2D eigenvalue weighted by Gasteiger charge is -2.33. The van der Waals surface area contributed by atoms with Crippen molar-refractivity contribution in [1.82, 2.24) is 0 Å². The predicted molar refractivity (Wildman–Crippen MR) is 99.6 cm³/mol. The fourth-order valence-electron chi connectivity index (χ4n) is 4.54. The van der Waals surface area contributed by atoms with Gasteiger partial charge in [-0.1, -0.05) is 43.2 Å². The predicted octanol–water partition coefficient (Wildman–Crippen LogP) is 2.00. The molecule has 27 heavy (non-hydrogen) atoms. The van der Waals surface area contributed by atoms with Gasteiger partial charge in [-0.2, -0.15) is 0 Å². The van der Waals surface area contributed by atoms with Crippen LogP contribution in [0.4, 0.5) is 0 Å². The molecule has 0 bridgehead atoms. The van der Waals surface area contributed by atoms with Crippen molar-refractivity contribution in [2.45, 2.75) is 43.8 Å². The summed E-state index contributed by atoms with van der Waals surface area (Å²) in [6, 6.07) is 9.14. The standard InChI is InChI=1S/C21H30NO5/c1-22(15-19(23)26-2)13-12-18(14-22)27-20(24)21(25,17-10-6-7-11-17)16-8-4-3-5-9-16/h3-5,8-9,17-18,25H,6-7,10-15H2,1-2H3/q+1/t18-,21?,22?/m1/s1. The van der Waals surface area contributed by atoms with Gasteiger partial charge >= 0.3 is 11.9 Å². The second-order valence-electron chi connectivity index (χ2n) is 8.19. The zero-order valence-electron chi connectivity index (χ0n) is 16.2. The molecule has 0 radical (unpaired) electrons. The zero-order valence-corrected chi connectivity index (χ0v) is 16.2. The lowest BCUT2D eigenvalue weighted by Crippen LogP contribution is -2.48. The molecule has 1 aliphatic heterocycles. The smallest absolute Gasteiger partial charge is 0.361 e. The van der Waals surface area contributed by atoms with Gasteiger partial charge in [0.25, 0.3) is 0 Å². The summed E-state index contributed by atoms with van der Waals surface area (Å²) >= 11 is 0. The molecule has 1 aromatic carbocycles. The summed E-state index contributed by atoms with van der Waals surface area (Å²) in [7, 11) is 3.34. The average Bonchev–Trinajstić information content (AvgIpc) is 3.32. The van der Waals surface area contributed by atoms with Gasteiger partial charge in [0.05, 0.1) is 20.7 Å². The van der Waals surface area contributed by atoms with E-state index in [1.165, 1.54) is 7.11 Å². The number of methoxy groups -OCH3 is 1. The molecule has 1 N–H and O–H groups in total. The van der Waals surface area contributed by atoms with Gasteiger partial charge < -0.3 is 19.1 Å². The number of carbonyl (C=O) groups is 2. The maximum absolute atomic E-state index is 13.1. The number of ether oxygens (including phenoxy) is 2. The molecular formula is C21H30NO5+. The molecule has 6 nitrogen and oxygen atoms in total. The fourth-order valence-corrected chi connectivity index (χ4v) is 4.54. The Morgan fingerprint density at radius 2 is 1.85 bits per heavy atom. The molecule has 2 unspecified atom stereocenters. The lowest BCUT2D eigenvalue weighted by molar-refractivity contribution is -0.891. The Labute approximate surface area is 160 Å². The van der Waals surface area contributed by atoms with E-state index in [0.29, 0.717) is 23.0 Å². The second-order valence-corrected chi connectivity index (χ2v) is 8.19. The first-order valence-electron chi connectivity index (χ1n) is 9.77. The molecule has 1 aromatic rings. The topological polar surface area (TPSA) is 72.8 Å². The number of rotatable bonds is 6. The van der Waals surface area contributed by atoms with Gasteiger partial charge in [-0.05, 0) is 18.4 Å². The van der Waals surface area contributed by atoms with Gasteiger partial charge in [0.2, 0.25) is 0 Å². The van der Waals surface area contributed by atoms with Crippen molar-refractivity contribution in [3.63, 3.8) is 0 Å². The van der Waals surface area contributed by atoms with Crippen molar-refractivity contribution in [3.05, 3.63) is 35.9 Å². The Morgan fingerprint density at radius 1 is 1.19 bits per heavy atom. The van der Waals surface area contributed by atoms with Crippen molar-refractivity contribution in [3.8, 4) is 0 Å². The molecule has 1 heterocycles. The molecule has 3 atom stereocenters. The van der Waals surface area contributed by atoms with E-state index in [9.17, 15) is 14.7 Å². The molecule has 0 amide bonds. The van der Waals surface area contributed by atoms with Crippen LogP contribution in [-0.4, -0.2) is 61.4 Å². The first-order valence-corrected chi connectivity index (χ1v) is 9.77. The SMILES string of the molecule is COC(=O)C[N+]1(C)CC[C@@H](OC(=O)C(O)(c2ccccc2)C2CCCC2)C1. The van der Waals surface area contributed by atoms with E-state index in [2.05, 4.69) is 0 Å². The van der Waals surface area contributed by atoms with Crippen LogP contribution in [0.2, 0.25) is 0 Å². The summed E-state index contributed by atoms with van der Waals surface area (Å²) in [4.78, 5) is 24.8. The molecule has 1 saturated heterocycles. The van der Waals surface area contributed by atoms with Crippen LogP contribution in [-0.2, 0) is 24.7 Å². The summed E-state index contributed by atoms with van der Waals surface area (Å²) in [6.45, 7) is 1.55. The van der Waals surface area contributed by atoms with Crippen LogP contribution >= 0.6 is 0 Å². The van der Waals surface area contributed by atoms with Crippen LogP contribution < -0.4 is 0 Å². The minimum absolute atomic E-state index is 0.121. The third kappa shape index (κ3) is 4.17. The number of carbonyl (C=O) groups excluding carboxylic acids is 2. The highest BCUT2D eigenvalue weighted by Crippen LogP contribution is 2.42. The van der Waals surface area contributed by atoms with E-state index >= 15 is 0 Å². The molecule has 2 aliphatic rings. The minimum Gasteiger partial charge on any atom is -0.465 e. The lowest BCUT2D eigenvalue weighted by atomic mass is 9.80. The first-order chi connectivity index (χ1) is 12.9. The van der Waals surface area contributed by atoms with Crippen molar-refractivity contribution in [1.29, 1.82) is 0 Å². The Kier molecular flexibility index (Phi) is 5.86. The minimum atomic E-state index is -1.61. The van der Waals surface area contributed by atoms with Crippen LogP contribution in [0.25, 0.3) is 0 Å². The number of likely N-dealkylation sites (N-methyl/N-ethyl adjacent to an activating group) is 1. The monoisotopic (exact) mass is 376 g/mol. The van der Waals surface area contributed by atoms with E-state index in [0.717, 1.165) is 32.2 Å². The molecule has 6 heteroatoms. The second kappa shape index (κ2) is 7.98. The molecule has 2 fully saturated rings. The third-order valence-corrected chi connectivity index (χ3v) is 6.12. The Hall–Kier alpha value is -1.92. The number of esters is 2. The molecule has 0 spiro atoms. The molecule has 1 aliphatic carbocycles. The molecule has 3 rings (SSSR count). The Morgan fingerprint density at radius 3 is 2.48 bits per heavy atom. The van der Waals surface area contributed by atoms with Gasteiger partial charge in [-0.3, -0.25) is 0 Å². The van der Waals surface area contributed by atoms with Crippen molar-refractivity contribution in [2.24, 2.45) is 5.92 Å². The molecular weight excluding hydrogens is 346 g/mol. The fraction of sp³-hybridized carbons (Fsp3) is 0.619. The van der Waals surface area contributed by atoms with E-state index in [1.807, 2.05) is 25.2 Å². The average molecular weight is 376 g/mol. The number of benzene rings is 1. The summed E-state index contributed by atoms with van der Waals surface area (Å²) in [5.74, 6) is -0.946. The summed E-state index contributed by atoms with van der Waals surface area (Å²) < 4.78 is 11.1. The summed E-state index contributed by atoms with van der Waals surface area (Å²) in [5.41, 5.74) is -1.00. The molecule has 0 aromatic heterocycles. The summed E-state index contributed by atoms with van der Waals surface area (Å²) in [6.07, 6.45) is 4.05. The number of quaternary nitrogens is 1. The molecule has 148 valence electrons. The Bertz CT molecular complexity index is 672. The van der Waals surface area contributed by atoms with Crippen LogP contribution in [0.3, 0.4) is 0 Å². The number of hydrogen-bond acceptors (Lipinski definition) is 5. The maximum atomic E-state index is 13.1. The Balaban J connectivity index is 1.73. The number of hydrogen-bond donors (Lipinski definition) is 1. The van der Waals surface area contributed by atoms with Gasteiger partial charge in [0.15, 0.2) is 18.2 Å². The van der Waals surface area contributed by atoms with Crippen LogP contribution in [0.1, 0.15) is 37.7 Å². The van der Waals surface area contributed by atoms with Crippen molar-refractivity contribution >= 4 is 11.9 Å². The number of nitrogens with zero attached hydrogens (tertiary/aromatic N) is 1. The van der Waals surface area contributed by atoms with Crippen LogP contribution in [0, 0.1) is 5.92 Å².